The van der Waals surface area contributed by atoms with E-state index < -0.39 is 5.97 Å². The van der Waals surface area contributed by atoms with Gasteiger partial charge in [0.25, 0.3) is 0 Å². The lowest BCUT2D eigenvalue weighted by molar-refractivity contribution is 0.0586. The Balaban J connectivity index is 2.18. The van der Waals surface area contributed by atoms with Gasteiger partial charge in [0.1, 0.15) is 5.82 Å². The number of carbonyl (C=O) groups excluding carboxylic acids is 1. The van der Waals surface area contributed by atoms with Gasteiger partial charge in [0.15, 0.2) is 0 Å². The van der Waals surface area contributed by atoms with Crippen LogP contribution in [0.1, 0.15) is 31.4 Å². The molecule has 0 aromatic carbocycles. The molecule has 0 spiro atoms. The van der Waals surface area contributed by atoms with Gasteiger partial charge in [-0.05, 0) is 26.5 Å². The Kier molecular flexibility index (Phi) is 4.54. The van der Waals surface area contributed by atoms with Gasteiger partial charge in [0.05, 0.1) is 7.11 Å². The Hall–Kier alpha value is -1.69. The second-order valence-corrected chi connectivity index (χ2v) is 5.16. The van der Waals surface area contributed by atoms with Crippen LogP contribution in [0.4, 0.5) is 5.82 Å². The van der Waals surface area contributed by atoms with Crippen molar-refractivity contribution in [3.8, 4) is 0 Å². The van der Waals surface area contributed by atoms with Crippen LogP contribution in [0, 0.1) is 0 Å². The maximum atomic E-state index is 11.5. The second-order valence-electron chi connectivity index (χ2n) is 5.16. The molecule has 1 aromatic rings. The molecule has 1 aromatic heterocycles. The summed E-state index contributed by atoms with van der Waals surface area (Å²) >= 11 is 0. The maximum Gasteiger partial charge on any atom is 0.376 e. The summed E-state index contributed by atoms with van der Waals surface area (Å²) in [5.41, 5.74) is 0. The van der Waals surface area contributed by atoms with Crippen molar-refractivity contribution in [2.45, 2.75) is 32.9 Å². The summed E-state index contributed by atoms with van der Waals surface area (Å²) in [5.74, 6) is 0.401. The van der Waals surface area contributed by atoms with Gasteiger partial charge in [-0.2, -0.15) is 0 Å². The average molecular weight is 278 g/mol. The maximum absolute atomic E-state index is 11.5. The smallest absolute Gasteiger partial charge is 0.376 e. The molecule has 0 aliphatic carbocycles. The molecule has 0 N–H and O–H groups in total. The van der Waals surface area contributed by atoms with Crippen LogP contribution < -0.4 is 4.90 Å². The summed E-state index contributed by atoms with van der Waals surface area (Å²) in [6, 6.07) is 2.76. The third kappa shape index (κ3) is 2.90. The van der Waals surface area contributed by atoms with Gasteiger partial charge in [-0.25, -0.2) is 14.8 Å². The molecular weight excluding hydrogens is 256 g/mol. The third-order valence-electron chi connectivity index (χ3n) is 3.80. The van der Waals surface area contributed by atoms with E-state index in [0.29, 0.717) is 12.1 Å². The lowest BCUT2D eigenvalue weighted by atomic mass is 10.1. The first kappa shape index (κ1) is 14.7. The fourth-order valence-electron chi connectivity index (χ4n) is 2.88. The second kappa shape index (κ2) is 6.17. The Labute approximate surface area is 119 Å². The molecule has 1 aliphatic heterocycles. The van der Waals surface area contributed by atoms with Crippen molar-refractivity contribution < 1.29 is 9.53 Å². The normalized spacial score (nSPS) is 23.7. The fourth-order valence-corrected chi connectivity index (χ4v) is 2.88. The first-order valence-electron chi connectivity index (χ1n) is 6.98. The summed E-state index contributed by atoms with van der Waals surface area (Å²) in [7, 11) is 1.34. The van der Waals surface area contributed by atoms with E-state index in [1.165, 1.54) is 7.11 Å². The molecule has 6 nitrogen and oxygen atoms in total. The van der Waals surface area contributed by atoms with Gasteiger partial charge in [0.2, 0.25) is 5.82 Å². The molecule has 1 fully saturated rings. The fraction of sp³-hybridized carbons (Fsp3) is 0.643. The van der Waals surface area contributed by atoms with E-state index in [0.717, 1.165) is 25.5 Å². The number of carbonyl (C=O) groups is 1. The van der Waals surface area contributed by atoms with Crippen LogP contribution in [0.3, 0.4) is 0 Å². The van der Waals surface area contributed by atoms with E-state index in [9.17, 15) is 4.79 Å². The van der Waals surface area contributed by atoms with E-state index >= 15 is 0 Å². The topological polar surface area (TPSA) is 58.6 Å². The Morgan fingerprint density at radius 2 is 2.05 bits per heavy atom. The minimum atomic E-state index is -0.500. The quantitative estimate of drug-likeness (QED) is 0.774. The lowest BCUT2D eigenvalue weighted by Crippen LogP contribution is -2.56. The molecule has 2 heterocycles. The Morgan fingerprint density at radius 1 is 1.40 bits per heavy atom. The van der Waals surface area contributed by atoms with Gasteiger partial charge in [-0.1, -0.05) is 6.92 Å². The van der Waals surface area contributed by atoms with Crippen LogP contribution >= 0.6 is 0 Å². The molecule has 2 atom stereocenters. The predicted molar refractivity (Wildman–Crippen MR) is 76.9 cm³/mol. The van der Waals surface area contributed by atoms with E-state index in [4.69, 9.17) is 0 Å². The number of nitrogens with zero attached hydrogens (tertiary/aromatic N) is 4. The first-order chi connectivity index (χ1) is 9.56. The molecule has 1 aliphatic rings. The number of esters is 1. The summed E-state index contributed by atoms with van der Waals surface area (Å²) in [5, 5.41) is 0. The summed E-state index contributed by atoms with van der Waals surface area (Å²) < 4.78 is 4.66. The van der Waals surface area contributed by atoms with E-state index in [-0.39, 0.29) is 5.82 Å². The standard InChI is InChI=1S/C14H22N4O2/c1-5-18-10(2)8-17(9-11(18)3)12-6-7-15-13(16-12)14(19)20-4/h6-7,10-11H,5,8-9H2,1-4H3/t10-,11+. The van der Waals surface area contributed by atoms with Gasteiger partial charge < -0.3 is 9.64 Å². The molecule has 2 rings (SSSR count). The monoisotopic (exact) mass is 278 g/mol. The van der Waals surface area contributed by atoms with Gasteiger partial charge >= 0.3 is 5.97 Å². The molecule has 0 saturated carbocycles. The Morgan fingerprint density at radius 3 is 2.60 bits per heavy atom. The highest BCUT2D eigenvalue weighted by atomic mass is 16.5. The molecule has 0 bridgehead atoms. The number of aromatic nitrogens is 2. The Bertz CT molecular complexity index is 468. The van der Waals surface area contributed by atoms with Gasteiger partial charge in [0, 0.05) is 31.4 Å². The van der Waals surface area contributed by atoms with Crippen molar-refractivity contribution in [3.05, 3.63) is 18.1 Å². The molecule has 110 valence electrons. The zero-order valence-corrected chi connectivity index (χ0v) is 12.5. The van der Waals surface area contributed by atoms with E-state index in [1.54, 1.807) is 6.20 Å². The number of likely N-dealkylation sites (N-methyl/N-ethyl adjacent to an activating group) is 1. The van der Waals surface area contributed by atoms with Gasteiger partial charge in [-0.15, -0.1) is 0 Å². The zero-order valence-electron chi connectivity index (χ0n) is 12.5. The SMILES string of the molecule is CCN1[C@H](C)CN(c2ccnc(C(=O)OC)n2)C[C@@H]1C. The molecule has 0 radical (unpaired) electrons. The molecule has 0 unspecified atom stereocenters. The number of rotatable bonds is 3. The summed E-state index contributed by atoms with van der Waals surface area (Å²) in [4.78, 5) is 24.4. The van der Waals surface area contributed by atoms with Crippen LogP contribution in [0.2, 0.25) is 0 Å². The van der Waals surface area contributed by atoms with Crippen LogP contribution in [-0.4, -0.2) is 59.7 Å². The minimum Gasteiger partial charge on any atom is -0.463 e. The summed E-state index contributed by atoms with van der Waals surface area (Å²) in [6.45, 7) is 9.46. The lowest BCUT2D eigenvalue weighted by Gasteiger charge is -2.44. The number of hydrogen-bond acceptors (Lipinski definition) is 6. The number of methoxy groups -OCH3 is 1. The van der Waals surface area contributed by atoms with E-state index in [2.05, 4.69) is 45.3 Å². The molecule has 6 heteroatoms. The predicted octanol–water partition coefficient (Wildman–Crippen LogP) is 1.18. The van der Waals surface area contributed by atoms with Crippen molar-refractivity contribution >= 4 is 11.8 Å². The highest BCUT2D eigenvalue weighted by molar-refractivity contribution is 5.85. The van der Waals surface area contributed by atoms with Crippen molar-refractivity contribution in [3.63, 3.8) is 0 Å². The van der Waals surface area contributed by atoms with Crippen molar-refractivity contribution in [2.75, 3.05) is 31.6 Å². The largest absolute Gasteiger partial charge is 0.463 e. The third-order valence-corrected chi connectivity index (χ3v) is 3.80. The number of anilines is 1. The highest BCUT2D eigenvalue weighted by Crippen LogP contribution is 2.20. The molecular formula is C14H22N4O2. The average Bonchev–Trinajstić information content (AvgIpc) is 2.46. The molecule has 1 saturated heterocycles. The molecule has 20 heavy (non-hydrogen) atoms. The minimum absolute atomic E-state index is 0.114. The van der Waals surface area contributed by atoms with Crippen molar-refractivity contribution in [1.29, 1.82) is 0 Å². The number of ether oxygens (including phenoxy) is 1. The highest BCUT2D eigenvalue weighted by Gasteiger charge is 2.29. The van der Waals surface area contributed by atoms with Crippen molar-refractivity contribution in [2.24, 2.45) is 0 Å². The number of hydrogen-bond donors (Lipinski definition) is 0. The van der Waals surface area contributed by atoms with Crippen LogP contribution in [0.5, 0.6) is 0 Å². The van der Waals surface area contributed by atoms with Crippen LogP contribution in [0.15, 0.2) is 12.3 Å². The molecule has 0 amide bonds. The van der Waals surface area contributed by atoms with Crippen LogP contribution in [-0.2, 0) is 4.74 Å². The van der Waals surface area contributed by atoms with Gasteiger partial charge in [-0.3, -0.25) is 4.90 Å². The summed E-state index contributed by atoms with van der Waals surface area (Å²) in [6.07, 6.45) is 1.61. The van der Waals surface area contributed by atoms with E-state index in [1.807, 2.05) is 6.07 Å². The van der Waals surface area contributed by atoms with Crippen molar-refractivity contribution in [1.82, 2.24) is 14.9 Å². The number of piperazine rings is 1. The van der Waals surface area contributed by atoms with Crippen LogP contribution in [0.25, 0.3) is 0 Å². The first-order valence-corrected chi connectivity index (χ1v) is 6.98. The zero-order chi connectivity index (χ0) is 14.7.